The van der Waals surface area contributed by atoms with E-state index in [1.807, 2.05) is 36.8 Å². The first kappa shape index (κ1) is 37.8. The van der Waals surface area contributed by atoms with E-state index in [4.69, 9.17) is 23.7 Å². The molecule has 1 N–H and O–H groups in total. The lowest BCUT2D eigenvalue weighted by Crippen LogP contribution is -2.54. The molecule has 3 fully saturated rings. The van der Waals surface area contributed by atoms with Gasteiger partial charge in [-0.3, -0.25) is 34.4 Å². The Labute approximate surface area is 334 Å². The maximum atomic E-state index is 13.1. The minimum Gasteiger partial charge on any atom is -0.474 e. The molecule has 15 heteroatoms. The van der Waals surface area contributed by atoms with Crippen LogP contribution in [0.3, 0.4) is 0 Å². The summed E-state index contributed by atoms with van der Waals surface area (Å²) in [6.07, 6.45) is 7.70. The molecule has 2 aromatic carbocycles. The molecule has 3 aliphatic heterocycles. The van der Waals surface area contributed by atoms with E-state index in [9.17, 15) is 19.2 Å². The molecule has 5 aromatic rings. The molecule has 2 saturated heterocycles. The van der Waals surface area contributed by atoms with Crippen molar-refractivity contribution in [3.05, 3.63) is 84.3 Å². The van der Waals surface area contributed by atoms with Crippen LogP contribution in [-0.4, -0.2) is 120 Å². The van der Waals surface area contributed by atoms with Crippen molar-refractivity contribution in [3.63, 3.8) is 0 Å². The Morgan fingerprint density at radius 1 is 0.724 bits per heavy atom. The number of carbonyl (C=O) groups excluding carboxylic acids is 4. The quantitative estimate of drug-likeness (QED) is 0.113. The molecule has 58 heavy (non-hydrogen) atoms. The lowest BCUT2D eigenvalue weighted by atomic mass is 9.92. The number of nitrogens with one attached hydrogen (secondary N) is 1. The number of pyridine rings is 2. The van der Waals surface area contributed by atoms with Crippen molar-refractivity contribution in [2.24, 2.45) is 7.05 Å². The predicted molar refractivity (Wildman–Crippen MR) is 212 cm³/mol. The average Bonchev–Trinajstić information content (AvgIpc) is 3.63. The van der Waals surface area contributed by atoms with Crippen LogP contribution in [0.25, 0.3) is 32.9 Å². The van der Waals surface area contributed by atoms with Gasteiger partial charge in [0.2, 0.25) is 17.7 Å². The third-order valence-corrected chi connectivity index (χ3v) is 11.4. The molecule has 0 spiro atoms. The standard InChI is InChI=1S/C43H44N6O9/c1-47-36-10-11-44-23-35(36)32-5-2-26(18-38(32)47)27-3-9-40(45-22-27)58-30-20-29(21-30)56-16-14-54-12-13-55-15-17-57-31-24-48(25-31)28-4-6-33-34(19-28)43(53)49(42(33)52)37-7-8-39(50)46-41(37)51/h2-6,9-11,18-19,22-23,29-31,37H,7-8,12-17,20-21,24-25H2,1H3,(H,46,50,51). The van der Waals surface area contributed by atoms with Crippen LogP contribution < -0.4 is 15.0 Å². The van der Waals surface area contributed by atoms with Crippen molar-refractivity contribution in [1.29, 1.82) is 0 Å². The number of carbonyl (C=O) groups is 4. The molecule has 0 radical (unpaired) electrons. The Kier molecular flexibility index (Phi) is 10.6. The first-order valence-electron chi connectivity index (χ1n) is 19.7. The van der Waals surface area contributed by atoms with Crippen molar-refractivity contribution in [1.82, 2.24) is 24.8 Å². The third kappa shape index (κ3) is 7.53. The highest BCUT2D eigenvalue weighted by Crippen LogP contribution is 2.34. The SMILES string of the molecule is Cn1c2ccncc2c2ccc(-c3ccc(OC4CC(OCCOCCOCCOC5CN(c6ccc7c(c6)C(=O)N(C6CCC(=O)NC6=O)C7=O)C5)C4)nc3)cc21. The summed E-state index contributed by atoms with van der Waals surface area (Å²) in [6.45, 7) is 4.10. The second-order valence-electron chi connectivity index (χ2n) is 15.1. The van der Waals surface area contributed by atoms with E-state index in [1.165, 1.54) is 5.39 Å². The summed E-state index contributed by atoms with van der Waals surface area (Å²) >= 11 is 0. The summed E-state index contributed by atoms with van der Waals surface area (Å²) in [5, 5.41) is 4.55. The van der Waals surface area contributed by atoms with Crippen molar-refractivity contribution in [3.8, 4) is 17.0 Å². The van der Waals surface area contributed by atoms with Crippen LogP contribution in [0.5, 0.6) is 5.88 Å². The lowest BCUT2D eigenvalue weighted by molar-refractivity contribution is -0.136. The highest BCUT2D eigenvalue weighted by atomic mass is 16.6. The summed E-state index contributed by atoms with van der Waals surface area (Å²) in [4.78, 5) is 61.8. The predicted octanol–water partition coefficient (Wildman–Crippen LogP) is 4.05. The Hall–Kier alpha value is -5.74. The van der Waals surface area contributed by atoms with Gasteiger partial charge in [-0.2, -0.15) is 0 Å². The fourth-order valence-corrected chi connectivity index (χ4v) is 8.05. The van der Waals surface area contributed by atoms with Gasteiger partial charge >= 0.3 is 0 Å². The number of piperidine rings is 1. The molecule has 4 aliphatic rings. The molecular weight excluding hydrogens is 745 g/mol. The van der Waals surface area contributed by atoms with Crippen LogP contribution in [-0.2, 0) is 35.6 Å². The summed E-state index contributed by atoms with van der Waals surface area (Å²) in [5.41, 5.74) is 5.78. The van der Waals surface area contributed by atoms with Crippen LogP contribution in [0.4, 0.5) is 5.69 Å². The molecule has 300 valence electrons. The molecule has 15 nitrogen and oxygen atoms in total. The molecule has 1 aliphatic carbocycles. The zero-order valence-electron chi connectivity index (χ0n) is 32.1. The number of hydrogen-bond acceptors (Lipinski definition) is 12. The highest BCUT2D eigenvalue weighted by Gasteiger charge is 2.45. The molecule has 9 rings (SSSR count). The molecule has 4 amide bonds. The maximum absolute atomic E-state index is 13.1. The number of imide groups is 2. The van der Waals surface area contributed by atoms with Crippen LogP contribution in [0.2, 0.25) is 0 Å². The molecule has 1 atom stereocenters. The third-order valence-electron chi connectivity index (χ3n) is 11.4. The van der Waals surface area contributed by atoms with Crippen LogP contribution in [0.15, 0.2) is 73.2 Å². The Morgan fingerprint density at radius 2 is 1.47 bits per heavy atom. The number of aryl methyl sites for hydroxylation is 1. The first-order valence-corrected chi connectivity index (χ1v) is 19.7. The number of rotatable bonds is 16. The van der Waals surface area contributed by atoms with Gasteiger partial charge in [-0.1, -0.05) is 12.1 Å². The molecule has 1 unspecified atom stereocenters. The van der Waals surface area contributed by atoms with Crippen LogP contribution in [0, 0.1) is 0 Å². The average molecular weight is 789 g/mol. The van der Waals surface area contributed by atoms with Gasteiger partial charge in [0.1, 0.15) is 12.1 Å². The van der Waals surface area contributed by atoms with E-state index in [0.29, 0.717) is 58.6 Å². The molecule has 0 bridgehead atoms. The number of aromatic nitrogens is 3. The fraction of sp³-hybridized carbons (Fsp3) is 0.395. The molecular formula is C43H44N6O9. The Balaban J connectivity index is 0.605. The summed E-state index contributed by atoms with van der Waals surface area (Å²) in [6, 6.07) is 16.6. The second-order valence-corrected chi connectivity index (χ2v) is 15.1. The van der Waals surface area contributed by atoms with E-state index in [-0.39, 0.29) is 42.3 Å². The van der Waals surface area contributed by atoms with Gasteiger partial charge in [-0.25, -0.2) is 4.98 Å². The molecule has 3 aromatic heterocycles. The second kappa shape index (κ2) is 16.3. The number of hydrogen-bond donors (Lipinski definition) is 1. The number of benzene rings is 2. The van der Waals surface area contributed by atoms with E-state index in [0.717, 1.165) is 51.0 Å². The zero-order chi connectivity index (χ0) is 39.8. The van der Waals surface area contributed by atoms with Crippen LogP contribution in [0.1, 0.15) is 46.4 Å². The van der Waals surface area contributed by atoms with Gasteiger partial charge < -0.3 is 33.2 Å². The number of anilines is 1. The van der Waals surface area contributed by atoms with Gasteiger partial charge in [-0.05, 0) is 48.4 Å². The fourth-order valence-electron chi connectivity index (χ4n) is 8.05. The zero-order valence-corrected chi connectivity index (χ0v) is 32.1. The van der Waals surface area contributed by atoms with Gasteiger partial charge in [0.15, 0.2) is 0 Å². The van der Waals surface area contributed by atoms with Crippen molar-refractivity contribution in [2.75, 3.05) is 57.6 Å². The summed E-state index contributed by atoms with van der Waals surface area (Å²) in [7, 11) is 2.08. The number of nitrogens with zero attached hydrogens (tertiary/aromatic N) is 5. The van der Waals surface area contributed by atoms with Gasteiger partial charge in [0.05, 0.1) is 68.5 Å². The smallest absolute Gasteiger partial charge is 0.262 e. The molecule has 1 saturated carbocycles. The van der Waals surface area contributed by atoms with E-state index in [2.05, 4.69) is 50.0 Å². The lowest BCUT2D eigenvalue weighted by Gasteiger charge is -2.40. The van der Waals surface area contributed by atoms with E-state index in [1.54, 1.807) is 18.2 Å². The number of fused-ring (bicyclic) bond motifs is 4. The normalized spacial score (nSPS) is 20.7. The number of ether oxygens (including phenoxy) is 5. The van der Waals surface area contributed by atoms with Crippen molar-refractivity contribution in [2.45, 2.75) is 50.0 Å². The van der Waals surface area contributed by atoms with Gasteiger partial charge in [0, 0.05) is 91.6 Å². The Bertz CT molecular complexity index is 2370. The highest BCUT2D eigenvalue weighted by molar-refractivity contribution is 6.23. The Morgan fingerprint density at radius 3 is 2.22 bits per heavy atom. The topological polar surface area (TPSA) is 164 Å². The first-order chi connectivity index (χ1) is 28.3. The maximum Gasteiger partial charge on any atom is 0.262 e. The summed E-state index contributed by atoms with van der Waals surface area (Å²) in [5.74, 6) is -1.44. The largest absolute Gasteiger partial charge is 0.474 e. The van der Waals surface area contributed by atoms with Crippen molar-refractivity contribution < 1.29 is 42.9 Å². The van der Waals surface area contributed by atoms with Crippen LogP contribution >= 0.6 is 0 Å². The minimum atomic E-state index is -0.982. The van der Waals surface area contributed by atoms with E-state index < -0.39 is 29.7 Å². The monoisotopic (exact) mass is 788 g/mol. The number of amides is 4. The minimum absolute atomic E-state index is 0.0250. The van der Waals surface area contributed by atoms with Gasteiger partial charge in [0.25, 0.3) is 11.8 Å². The molecule has 6 heterocycles. The van der Waals surface area contributed by atoms with Gasteiger partial charge in [-0.15, -0.1) is 0 Å². The van der Waals surface area contributed by atoms with Crippen molar-refractivity contribution >= 4 is 51.1 Å². The van der Waals surface area contributed by atoms with E-state index >= 15 is 0 Å². The summed E-state index contributed by atoms with van der Waals surface area (Å²) < 4.78 is 31.5.